The van der Waals surface area contributed by atoms with E-state index >= 15 is 0 Å². The first-order valence-electron chi connectivity index (χ1n) is 6.85. The van der Waals surface area contributed by atoms with Gasteiger partial charge in [0.25, 0.3) is 0 Å². The zero-order valence-electron chi connectivity index (χ0n) is 11.6. The molecule has 1 atom stereocenters. The topological polar surface area (TPSA) is 62.3 Å². The Morgan fingerprint density at radius 3 is 3.05 bits per heavy atom. The molecule has 0 spiro atoms. The number of hydrogen-bond acceptors (Lipinski definition) is 3. The van der Waals surface area contributed by atoms with Crippen LogP contribution in [0.1, 0.15) is 24.0 Å². The predicted molar refractivity (Wildman–Crippen MR) is 77.3 cm³/mol. The Morgan fingerprint density at radius 2 is 2.37 bits per heavy atom. The minimum Gasteiger partial charge on any atom is -0.384 e. The van der Waals surface area contributed by atoms with Gasteiger partial charge in [-0.25, -0.2) is 0 Å². The van der Waals surface area contributed by atoms with Crippen LogP contribution in [0.15, 0.2) is 24.3 Å². The first-order valence-corrected chi connectivity index (χ1v) is 6.85. The van der Waals surface area contributed by atoms with Crippen molar-refractivity contribution in [3.8, 4) is 0 Å². The van der Waals surface area contributed by atoms with E-state index in [0.29, 0.717) is 5.92 Å². The molecule has 0 radical (unpaired) electrons. The zero-order chi connectivity index (χ0) is 13.7. The van der Waals surface area contributed by atoms with Gasteiger partial charge in [-0.15, -0.1) is 0 Å². The molecule has 104 valence electrons. The average molecular weight is 261 g/mol. The molecule has 1 aromatic rings. The predicted octanol–water partition coefficient (Wildman–Crippen LogP) is 1.83. The molecule has 1 aromatic carbocycles. The van der Waals surface area contributed by atoms with Crippen molar-refractivity contribution in [2.24, 2.45) is 11.7 Å². The Labute approximate surface area is 115 Å². The summed E-state index contributed by atoms with van der Waals surface area (Å²) in [6.45, 7) is 3.75. The number of hydrogen-bond donors (Lipinski definition) is 2. The summed E-state index contributed by atoms with van der Waals surface area (Å²) in [5.74, 6) is 0.778. The van der Waals surface area contributed by atoms with Crippen LogP contribution in [-0.4, -0.2) is 37.5 Å². The van der Waals surface area contributed by atoms with E-state index in [1.807, 2.05) is 18.2 Å². The molecular weight excluding hydrogens is 238 g/mol. The summed E-state index contributed by atoms with van der Waals surface area (Å²) in [6, 6.07) is 7.92. The summed E-state index contributed by atoms with van der Waals surface area (Å²) in [7, 11) is 2.13. The molecule has 2 rings (SSSR count). The number of nitrogens with two attached hydrogens (primary N) is 1. The highest BCUT2D eigenvalue weighted by Gasteiger charge is 2.15. The normalized spacial score (nSPS) is 19.6. The van der Waals surface area contributed by atoms with Gasteiger partial charge in [0.05, 0.1) is 6.61 Å². The van der Waals surface area contributed by atoms with E-state index < -0.39 is 0 Å². The average Bonchev–Trinajstić information content (AvgIpc) is 2.40. The number of nitrogen functional groups attached to an aromatic ring is 1. The first-order chi connectivity index (χ1) is 9.15. The van der Waals surface area contributed by atoms with Crippen LogP contribution in [0.2, 0.25) is 0 Å². The number of amidine groups is 1. The zero-order valence-corrected chi connectivity index (χ0v) is 11.6. The van der Waals surface area contributed by atoms with Crippen molar-refractivity contribution in [3.63, 3.8) is 0 Å². The van der Waals surface area contributed by atoms with Gasteiger partial charge in [-0.05, 0) is 37.4 Å². The number of nitrogens with one attached hydrogen (secondary N) is 1. The van der Waals surface area contributed by atoms with Gasteiger partial charge in [-0.1, -0.05) is 18.2 Å². The summed E-state index contributed by atoms with van der Waals surface area (Å²) < 4.78 is 5.51. The van der Waals surface area contributed by atoms with Gasteiger partial charge in [0, 0.05) is 25.3 Å². The van der Waals surface area contributed by atoms with Crippen LogP contribution in [0, 0.1) is 11.3 Å². The van der Waals surface area contributed by atoms with E-state index in [4.69, 9.17) is 15.9 Å². The van der Waals surface area contributed by atoms with Crippen molar-refractivity contribution in [3.05, 3.63) is 35.4 Å². The lowest BCUT2D eigenvalue weighted by Gasteiger charge is -2.27. The summed E-state index contributed by atoms with van der Waals surface area (Å²) in [6.07, 6.45) is 2.44. The molecule has 1 aliphatic rings. The lowest BCUT2D eigenvalue weighted by Crippen LogP contribution is -2.30. The van der Waals surface area contributed by atoms with Gasteiger partial charge in [0.1, 0.15) is 5.84 Å². The third kappa shape index (κ3) is 4.33. The Bertz CT molecular complexity index is 427. The number of rotatable bonds is 5. The van der Waals surface area contributed by atoms with Gasteiger partial charge in [-0.2, -0.15) is 0 Å². The number of benzene rings is 1. The van der Waals surface area contributed by atoms with Gasteiger partial charge < -0.3 is 15.4 Å². The van der Waals surface area contributed by atoms with Crippen molar-refractivity contribution in [2.75, 3.05) is 26.8 Å². The Kier molecular flexibility index (Phi) is 4.93. The molecule has 0 saturated carbocycles. The van der Waals surface area contributed by atoms with Crippen molar-refractivity contribution in [2.45, 2.75) is 19.4 Å². The largest absolute Gasteiger partial charge is 0.384 e. The molecule has 1 heterocycles. The Hall–Kier alpha value is -1.39. The van der Waals surface area contributed by atoms with Crippen LogP contribution in [0.25, 0.3) is 0 Å². The minimum atomic E-state index is 0.130. The maximum absolute atomic E-state index is 7.47. The highest BCUT2D eigenvalue weighted by molar-refractivity contribution is 5.95. The molecule has 0 amide bonds. The van der Waals surface area contributed by atoms with E-state index in [0.717, 1.165) is 31.9 Å². The van der Waals surface area contributed by atoms with E-state index in [9.17, 15) is 0 Å². The molecule has 0 bridgehead atoms. The first kappa shape index (κ1) is 14.0. The molecule has 19 heavy (non-hydrogen) atoms. The second-order valence-corrected chi connectivity index (χ2v) is 5.39. The third-order valence-electron chi connectivity index (χ3n) is 3.51. The monoisotopic (exact) mass is 261 g/mol. The van der Waals surface area contributed by atoms with Crippen molar-refractivity contribution in [1.29, 1.82) is 5.41 Å². The van der Waals surface area contributed by atoms with E-state index in [-0.39, 0.29) is 5.84 Å². The van der Waals surface area contributed by atoms with Gasteiger partial charge in [-0.3, -0.25) is 5.41 Å². The van der Waals surface area contributed by atoms with Gasteiger partial charge >= 0.3 is 0 Å². The van der Waals surface area contributed by atoms with Crippen molar-refractivity contribution >= 4 is 5.84 Å². The number of nitrogens with zero attached hydrogens (tertiary/aromatic N) is 1. The van der Waals surface area contributed by atoms with E-state index in [1.165, 1.54) is 18.4 Å². The molecule has 4 nitrogen and oxygen atoms in total. The molecule has 0 aliphatic carbocycles. The smallest absolute Gasteiger partial charge is 0.122 e. The fourth-order valence-corrected chi connectivity index (χ4v) is 2.61. The lowest BCUT2D eigenvalue weighted by molar-refractivity contribution is 0.0411. The summed E-state index contributed by atoms with van der Waals surface area (Å²) >= 11 is 0. The summed E-state index contributed by atoms with van der Waals surface area (Å²) in [5.41, 5.74) is 7.51. The standard InChI is InChI=1S/C15H23N3O/c1-18(10-13-5-3-7-19-11-13)9-12-4-2-6-14(8-12)15(16)17/h2,4,6,8,13H,3,5,7,9-11H2,1H3,(H3,16,17). The van der Waals surface area contributed by atoms with Crippen LogP contribution in [0.5, 0.6) is 0 Å². The SMILES string of the molecule is CN(Cc1cccc(C(=N)N)c1)CC1CCCOC1. The molecule has 1 fully saturated rings. The Balaban J connectivity index is 1.88. The maximum Gasteiger partial charge on any atom is 0.122 e. The quantitative estimate of drug-likeness (QED) is 0.628. The maximum atomic E-state index is 7.47. The highest BCUT2D eigenvalue weighted by atomic mass is 16.5. The van der Waals surface area contributed by atoms with Gasteiger partial charge in [0.2, 0.25) is 0 Å². The van der Waals surface area contributed by atoms with E-state index in [2.05, 4.69) is 18.0 Å². The molecular formula is C15H23N3O. The minimum absolute atomic E-state index is 0.130. The number of ether oxygens (including phenoxy) is 1. The third-order valence-corrected chi connectivity index (χ3v) is 3.51. The van der Waals surface area contributed by atoms with Crippen molar-refractivity contribution < 1.29 is 4.74 Å². The fraction of sp³-hybridized carbons (Fsp3) is 0.533. The van der Waals surface area contributed by atoms with E-state index in [1.54, 1.807) is 0 Å². The van der Waals surface area contributed by atoms with Gasteiger partial charge in [0.15, 0.2) is 0 Å². The second-order valence-electron chi connectivity index (χ2n) is 5.39. The molecule has 1 unspecified atom stereocenters. The van der Waals surface area contributed by atoms with Crippen LogP contribution >= 0.6 is 0 Å². The second kappa shape index (κ2) is 6.68. The summed E-state index contributed by atoms with van der Waals surface area (Å²) in [4.78, 5) is 2.32. The van der Waals surface area contributed by atoms with Crippen LogP contribution in [0.3, 0.4) is 0 Å². The van der Waals surface area contributed by atoms with Crippen molar-refractivity contribution in [1.82, 2.24) is 4.90 Å². The molecule has 1 saturated heterocycles. The van der Waals surface area contributed by atoms with Crippen LogP contribution in [-0.2, 0) is 11.3 Å². The van der Waals surface area contributed by atoms with Crippen LogP contribution in [0.4, 0.5) is 0 Å². The molecule has 3 N–H and O–H groups in total. The fourth-order valence-electron chi connectivity index (χ4n) is 2.61. The summed E-state index contributed by atoms with van der Waals surface area (Å²) in [5, 5.41) is 7.47. The Morgan fingerprint density at radius 1 is 1.53 bits per heavy atom. The molecule has 0 aromatic heterocycles. The molecule has 4 heteroatoms. The van der Waals surface area contributed by atoms with Crippen LogP contribution < -0.4 is 5.73 Å². The highest BCUT2D eigenvalue weighted by Crippen LogP contribution is 2.16. The lowest BCUT2D eigenvalue weighted by atomic mass is 10.0. The molecule has 1 aliphatic heterocycles.